The minimum Gasteiger partial charge on any atom is -0.388 e. The van der Waals surface area contributed by atoms with Crippen molar-refractivity contribution in [1.82, 2.24) is 0 Å². The Morgan fingerprint density at radius 2 is 2.06 bits per heavy atom. The SMILES string of the molecule is NC(N)=N/C(N)=N/OCc1ccc(F)c(Cl)c1. The number of oxime groups is 1. The predicted octanol–water partition coefficient (Wildman–Crippen LogP) is 0.499. The monoisotopic (exact) mass is 259 g/mol. The quantitative estimate of drug-likeness (QED) is 0.417. The van der Waals surface area contributed by atoms with Crippen LogP contribution >= 0.6 is 11.6 Å². The van der Waals surface area contributed by atoms with Crippen molar-refractivity contribution in [1.29, 1.82) is 0 Å². The first-order valence-electron chi connectivity index (χ1n) is 4.48. The van der Waals surface area contributed by atoms with Crippen LogP contribution in [-0.2, 0) is 11.4 Å². The zero-order chi connectivity index (χ0) is 12.8. The van der Waals surface area contributed by atoms with E-state index in [0.717, 1.165) is 0 Å². The molecule has 92 valence electrons. The van der Waals surface area contributed by atoms with Gasteiger partial charge in [-0.3, -0.25) is 0 Å². The largest absolute Gasteiger partial charge is 0.388 e. The fourth-order valence-electron chi connectivity index (χ4n) is 0.955. The van der Waals surface area contributed by atoms with Crippen LogP contribution in [0.15, 0.2) is 28.3 Å². The number of nitrogens with zero attached hydrogens (tertiary/aromatic N) is 2. The van der Waals surface area contributed by atoms with Crippen molar-refractivity contribution < 1.29 is 9.23 Å². The summed E-state index contributed by atoms with van der Waals surface area (Å²) in [6, 6.07) is 4.15. The number of benzene rings is 1. The lowest BCUT2D eigenvalue weighted by atomic mass is 10.2. The van der Waals surface area contributed by atoms with Crippen LogP contribution in [-0.4, -0.2) is 11.9 Å². The second-order valence-corrected chi connectivity index (χ2v) is 3.42. The van der Waals surface area contributed by atoms with Gasteiger partial charge in [-0.2, -0.15) is 4.99 Å². The Labute approximate surface area is 102 Å². The van der Waals surface area contributed by atoms with Gasteiger partial charge in [0, 0.05) is 0 Å². The van der Waals surface area contributed by atoms with E-state index in [9.17, 15) is 4.39 Å². The number of rotatable bonds is 3. The van der Waals surface area contributed by atoms with E-state index in [1.54, 1.807) is 0 Å². The van der Waals surface area contributed by atoms with E-state index in [1.807, 2.05) is 0 Å². The van der Waals surface area contributed by atoms with Crippen LogP contribution < -0.4 is 17.2 Å². The highest BCUT2D eigenvalue weighted by Crippen LogP contribution is 2.16. The zero-order valence-corrected chi connectivity index (χ0v) is 9.49. The van der Waals surface area contributed by atoms with E-state index in [2.05, 4.69) is 10.1 Å². The first kappa shape index (κ1) is 13.0. The molecule has 0 aliphatic carbocycles. The molecule has 0 bridgehead atoms. The molecule has 1 rings (SSSR count). The third kappa shape index (κ3) is 4.56. The van der Waals surface area contributed by atoms with Gasteiger partial charge in [0.15, 0.2) is 5.96 Å². The van der Waals surface area contributed by atoms with Crippen LogP contribution in [0.25, 0.3) is 0 Å². The van der Waals surface area contributed by atoms with Gasteiger partial charge >= 0.3 is 0 Å². The maximum absolute atomic E-state index is 12.8. The number of nitrogens with two attached hydrogens (primary N) is 3. The topological polar surface area (TPSA) is 112 Å². The normalized spacial score (nSPS) is 11.1. The molecule has 0 saturated heterocycles. The van der Waals surface area contributed by atoms with E-state index in [4.69, 9.17) is 33.6 Å². The number of guanidine groups is 2. The lowest BCUT2D eigenvalue weighted by molar-refractivity contribution is 0.130. The molecule has 8 heteroatoms. The van der Waals surface area contributed by atoms with Crippen molar-refractivity contribution in [3.05, 3.63) is 34.6 Å². The molecule has 0 aromatic heterocycles. The molecule has 0 spiro atoms. The van der Waals surface area contributed by atoms with Crippen molar-refractivity contribution >= 4 is 23.5 Å². The summed E-state index contributed by atoms with van der Waals surface area (Å²) in [6.45, 7) is 0.0701. The van der Waals surface area contributed by atoms with Crippen molar-refractivity contribution in [2.45, 2.75) is 6.61 Å². The molecule has 0 unspecified atom stereocenters. The minimum absolute atomic E-state index is 0.00674. The highest BCUT2D eigenvalue weighted by Gasteiger charge is 2.01. The van der Waals surface area contributed by atoms with Crippen molar-refractivity contribution in [2.24, 2.45) is 27.3 Å². The highest BCUT2D eigenvalue weighted by molar-refractivity contribution is 6.30. The molecule has 6 N–H and O–H groups in total. The number of hydrogen-bond donors (Lipinski definition) is 3. The molecule has 17 heavy (non-hydrogen) atoms. The minimum atomic E-state index is -0.501. The van der Waals surface area contributed by atoms with E-state index in [-0.39, 0.29) is 23.5 Å². The number of hydrogen-bond acceptors (Lipinski definition) is 2. The van der Waals surface area contributed by atoms with Gasteiger partial charge in [-0.15, -0.1) is 0 Å². The second-order valence-electron chi connectivity index (χ2n) is 3.01. The number of aliphatic imine (C=N–C) groups is 1. The van der Waals surface area contributed by atoms with Crippen molar-refractivity contribution in [3.63, 3.8) is 0 Å². The molecule has 0 radical (unpaired) electrons. The van der Waals surface area contributed by atoms with Gasteiger partial charge < -0.3 is 22.0 Å². The van der Waals surface area contributed by atoms with Crippen LogP contribution in [0.4, 0.5) is 4.39 Å². The van der Waals surface area contributed by atoms with E-state index < -0.39 is 5.82 Å². The van der Waals surface area contributed by atoms with Crippen LogP contribution in [0, 0.1) is 5.82 Å². The third-order valence-corrected chi connectivity index (χ3v) is 1.91. The molecule has 0 aliphatic heterocycles. The van der Waals surface area contributed by atoms with Crippen molar-refractivity contribution in [3.8, 4) is 0 Å². The van der Waals surface area contributed by atoms with Gasteiger partial charge in [-0.05, 0) is 22.9 Å². The van der Waals surface area contributed by atoms with E-state index in [0.29, 0.717) is 5.56 Å². The molecular weight excluding hydrogens is 249 g/mol. The van der Waals surface area contributed by atoms with Crippen LogP contribution in [0.1, 0.15) is 5.56 Å². The van der Waals surface area contributed by atoms with Gasteiger partial charge in [0.2, 0.25) is 0 Å². The van der Waals surface area contributed by atoms with Gasteiger partial charge in [0.25, 0.3) is 5.96 Å². The van der Waals surface area contributed by atoms with E-state index in [1.165, 1.54) is 18.2 Å². The maximum Gasteiger partial charge on any atom is 0.260 e. The fourth-order valence-corrected chi connectivity index (χ4v) is 1.16. The summed E-state index contributed by atoms with van der Waals surface area (Å²) < 4.78 is 12.8. The molecule has 0 heterocycles. The van der Waals surface area contributed by atoms with Gasteiger partial charge in [-0.1, -0.05) is 17.7 Å². The van der Waals surface area contributed by atoms with Crippen LogP contribution in [0.5, 0.6) is 0 Å². The zero-order valence-electron chi connectivity index (χ0n) is 8.73. The third-order valence-electron chi connectivity index (χ3n) is 1.62. The molecule has 0 saturated carbocycles. The highest BCUT2D eigenvalue weighted by atomic mass is 35.5. The Balaban J connectivity index is 2.56. The molecule has 0 aliphatic rings. The number of halogens is 2. The van der Waals surface area contributed by atoms with Crippen LogP contribution in [0.2, 0.25) is 5.02 Å². The van der Waals surface area contributed by atoms with Crippen LogP contribution in [0.3, 0.4) is 0 Å². The summed E-state index contributed by atoms with van der Waals surface area (Å²) in [6.07, 6.45) is 0. The van der Waals surface area contributed by atoms with Gasteiger partial charge in [-0.25, -0.2) is 4.39 Å². The molecule has 0 fully saturated rings. The molecule has 1 aromatic carbocycles. The summed E-state index contributed by atoms with van der Waals surface area (Å²) in [7, 11) is 0. The Bertz CT molecular complexity index is 459. The molecular formula is C9H11ClFN5O. The summed E-state index contributed by atoms with van der Waals surface area (Å²) in [5.74, 6) is -0.933. The van der Waals surface area contributed by atoms with E-state index >= 15 is 0 Å². The fraction of sp³-hybridized carbons (Fsp3) is 0.111. The summed E-state index contributed by atoms with van der Waals surface area (Å²) in [4.78, 5) is 8.27. The maximum atomic E-state index is 12.8. The average molecular weight is 260 g/mol. The second kappa shape index (κ2) is 5.90. The molecule has 1 aromatic rings. The smallest absolute Gasteiger partial charge is 0.260 e. The summed E-state index contributed by atoms with van der Waals surface area (Å²) >= 11 is 5.58. The average Bonchev–Trinajstić information content (AvgIpc) is 2.22. The summed E-state index contributed by atoms with van der Waals surface area (Å²) in [5.41, 5.74) is 16.1. The summed E-state index contributed by atoms with van der Waals surface area (Å²) in [5, 5.41) is 3.43. The molecule has 6 nitrogen and oxygen atoms in total. The predicted molar refractivity (Wildman–Crippen MR) is 63.6 cm³/mol. The molecule has 0 atom stereocenters. The Hall–Kier alpha value is -2.02. The Kier molecular flexibility index (Phi) is 4.53. The standard InChI is InChI=1S/C9H11ClFN5O/c10-6-3-5(1-2-7(6)11)4-17-16-9(14)15-8(12)13/h1-3H,4H2,(H6,12,13,14,15,16). The van der Waals surface area contributed by atoms with Gasteiger partial charge in [0.1, 0.15) is 12.4 Å². The Morgan fingerprint density at radius 3 is 2.65 bits per heavy atom. The Morgan fingerprint density at radius 1 is 1.35 bits per heavy atom. The lowest BCUT2D eigenvalue weighted by Gasteiger charge is -2.01. The first-order valence-corrected chi connectivity index (χ1v) is 4.86. The molecule has 0 amide bonds. The van der Waals surface area contributed by atoms with Gasteiger partial charge in [0.05, 0.1) is 5.02 Å². The van der Waals surface area contributed by atoms with Crippen molar-refractivity contribution in [2.75, 3.05) is 0 Å². The lowest BCUT2D eigenvalue weighted by Crippen LogP contribution is -2.26. The first-order chi connectivity index (χ1) is 7.99.